The Bertz CT molecular complexity index is 835. The fraction of sp³-hybridized carbons (Fsp3) is 0.844. The van der Waals surface area contributed by atoms with Crippen molar-refractivity contribution in [3.8, 4) is 0 Å². The van der Waals surface area contributed by atoms with Gasteiger partial charge in [0.25, 0.3) is 0 Å². The Labute approximate surface area is 315 Å². The maximum atomic E-state index is 12.4. The molecule has 0 amide bonds. The Morgan fingerprint density at radius 1 is 0.392 bits per heavy atom. The van der Waals surface area contributed by atoms with Crippen LogP contribution < -0.4 is 0 Å². The highest BCUT2D eigenvalue weighted by atomic mass is 16.6. The van der Waals surface area contributed by atoms with E-state index >= 15 is 0 Å². The van der Waals surface area contributed by atoms with E-state index in [-0.39, 0.29) is 31.1 Å². The van der Waals surface area contributed by atoms with Crippen molar-refractivity contribution in [3.05, 3.63) is 24.3 Å². The molecular formula is C45H82O6. The van der Waals surface area contributed by atoms with Gasteiger partial charge in [0.2, 0.25) is 0 Å². The third-order valence-corrected chi connectivity index (χ3v) is 9.46. The summed E-state index contributed by atoms with van der Waals surface area (Å²) in [5.74, 6) is -0.901. The van der Waals surface area contributed by atoms with Crippen molar-refractivity contribution in [1.82, 2.24) is 0 Å². The summed E-state index contributed by atoms with van der Waals surface area (Å²) >= 11 is 0. The molecule has 0 heterocycles. The van der Waals surface area contributed by atoms with Crippen LogP contribution in [0.5, 0.6) is 0 Å². The molecule has 0 spiro atoms. The van der Waals surface area contributed by atoms with Crippen LogP contribution in [0.3, 0.4) is 0 Å². The van der Waals surface area contributed by atoms with E-state index in [0.717, 1.165) is 77.0 Å². The highest BCUT2D eigenvalue weighted by molar-refractivity contribution is 5.71. The number of unbranched alkanes of at least 4 members (excludes halogenated alkanes) is 24. The van der Waals surface area contributed by atoms with Crippen LogP contribution in [0, 0.1) is 0 Å². The molecule has 0 N–H and O–H groups in total. The van der Waals surface area contributed by atoms with Gasteiger partial charge in [-0.25, -0.2) is 0 Å². The van der Waals surface area contributed by atoms with Gasteiger partial charge in [-0.15, -0.1) is 0 Å². The number of carbonyl (C=O) groups excluding carboxylic acids is 3. The zero-order valence-corrected chi connectivity index (χ0v) is 33.9. The van der Waals surface area contributed by atoms with Gasteiger partial charge in [-0.1, -0.05) is 180 Å². The highest BCUT2D eigenvalue weighted by Gasteiger charge is 2.19. The largest absolute Gasteiger partial charge is 0.462 e. The second-order valence-electron chi connectivity index (χ2n) is 14.6. The van der Waals surface area contributed by atoms with Crippen molar-refractivity contribution in [2.75, 3.05) is 13.2 Å². The molecule has 0 saturated heterocycles. The predicted molar refractivity (Wildman–Crippen MR) is 215 cm³/mol. The van der Waals surface area contributed by atoms with E-state index in [2.05, 4.69) is 45.1 Å². The topological polar surface area (TPSA) is 78.9 Å². The molecule has 0 radical (unpaired) electrons. The van der Waals surface area contributed by atoms with Crippen LogP contribution >= 0.6 is 0 Å². The molecule has 0 saturated carbocycles. The first-order valence-electron chi connectivity index (χ1n) is 21.8. The molecule has 1 unspecified atom stereocenters. The lowest BCUT2D eigenvalue weighted by Crippen LogP contribution is -2.30. The van der Waals surface area contributed by atoms with E-state index < -0.39 is 6.10 Å². The smallest absolute Gasteiger partial charge is 0.306 e. The molecule has 0 fully saturated rings. The minimum absolute atomic E-state index is 0.0716. The summed E-state index contributed by atoms with van der Waals surface area (Å²) in [6.07, 6.45) is 43.8. The maximum Gasteiger partial charge on any atom is 0.306 e. The second-order valence-corrected chi connectivity index (χ2v) is 14.6. The molecule has 0 aliphatic carbocycles. The molecule has 298 valence electrons. The van der Waals surface area contributed by atoms with E-state index in [0.29, 0.717) is 19.3 Å². The predicted octanol–water partition coefficient (Wildman–Crippen LogP) is 13.6. The first kappa shape index (κ1) is 48.9. The summed E-state index contributed by atoms with van der Waals surface area (Å²) < 4.78 is 16.4. The summed E-state index contributed by atoms with van der Waals surface area (Å²) in [5, 5.41) is 0. The van der Waals surface area contributed by atoms with Crippen LogP contribution in [-0.2, 0) is 28.6 Å². The maximum absolute atomic E-state index is 12.4. The van der Waals surface area contributed by atoms with Crippen LogP contribution in [0.25, 0.3) is 0 Å². The van der Waals surface area contributed by atoms with Crippen LogP contribution in [0.2, 0.25) is 0 Å². The number of hydrogen-bond acceptors (Lipinski definition) is 6. The van der Waals surface area contributed by atoms with E-state index in [4.69, 9.17) is 14.2 Å². The van der Waals surface area contributed by atoms with Crippen molar-refractivity contribution in [2.45, 2.75) is 232 Å². The quantitative estimate of drug-likeness (QED) is 0.0272. The lowest BCUT2D eigenvalue weighted by atomic mass is 10.0. The van der Waals surface area contributed by atoms with Gasteiger partial charge in [0.1, 0.15) is 13.2 Å². The molecule has 0 aromatic rings. The summed E-state index contributed by atoms with van der Waals surface area (Å²) in [6, 6.07) is 0. The summed E-state index contributed by atoms with van der Waals surface area (Å²) in [6.45, 7) is 6.45. The van der Waals surface area contributed by atoms with Crippen LogP contribution in [0.4, 0.5) is 0 Å². The Morgan fingerprint density at radius 2 is 0.706 bits per heavy atom. The van der Waals surface area contributed by atoms with Gasteiger partial charge in [-0.05, 0) is 51.4 Å². The SMILES string of the molecule is CCCCCCC/C=C\C/C=C\CCCCCCCCCCCCCC(=O)OCC(COC(=O)CCCCCCC)OC(=O)CCCCCCC. The molecule has 0 aliphatic rings. The average molecular weight is 719 g/mol. The molecular weight excluding hydrogens is 636 g/mol. The van der Waals surface area contributed by atoms with Crippen LogP contribution in [0.1, 0.15) is 226 Å². The molecule has 0 rings (SSSR count). The summed E-state index contributed by atoms with van der Waals surface area (Å²) in [4.78, 5) is 37.1. The minimum Gasteiger partial charge on any atom is -0.462 e. The van der Waals surface area contributed by atoms with Gasteiger partial charge in [-0.2, -0.15) is 0 Å². The molecule has 1 atom stereocenters. The number of esters is 3. The van der Waals surface area contributed by atoms with E-state index in [9.17, 15) is 14.4 Å². The van der Waals surface area contributed by atoms with Gasteiger partial charge >= 0.3 is 17.9 Å². The standard InChI is InChI=1S/C45H82O6/c1-4-7-10-13-14-15-16-17-18-19-20-21-22-23-24-25-26-27-28-29-30-33-35-38-44(47)50-41-42(51-45(48)39-36-32-12-9-6-3)40-49-43(46)37-34-31-11-8-5-2/h16-17,19-20,42H,4-15,18,21-41H2,1-3H3/b17-16-,20-19-. The van der Waals surface area contributed by atoms with Gasteiger partial charge in [0.05, 0.1) is 0 Å². The molecule has 6 heteroatoms. The molecule has 0 aromatic heterocycles. The zero-order valence-electron chi connectivity index (χ0n) is 33.9. The number of allylic oxidation sites excluding steroid dienone is 4. The van der Waals surface area contributed by atoms with E-state index in [1.165, 1.54) is 109 Å². The number of hydrogen-bond donors (Lipinski definition) is 0. The Kier molecular flexibility index (Phi) is 39.0. The lowest BCUT2D eigenvalue weighted by Gasteiger charge is -2.18. The van der Waals surface area contributed by atoms with Gasteiger partial charge in [0.15, 0.2) is 6.10 Å². The van der Waals surface area contributed by atoms with Crippen molar-refractivity contribution < 1.29 is 28.6 Å². The monoisotopic (exact) mass is 719 g/mol. The fourth-order valence-electron chi connectivity index (χ4n) is 6.12. The van der Waals surface area contributed by atoms with Crippen molar-refractivity contribution in [3.63, 3.8) is 0 Å². The first-order chi connectivity index (χ1) is 25.0. The number of carbonyl (C=O) groups is 3. The Balaban J connectivity index is 3.93. The highest BCUT2D eigenvalue weighted by Crippen LogP contribution is 2.14. The average Bonchev–Trinajstić information content (AvgIpc) is 3.12. The Morgan fingerprint density at radius 3 is 1.08 bits per heavy atom. The molecule has 0 bridgehead atoms. The summed E-state index contributed by atoms with van der Waals surface area (Å²) in [5.41, 5.74) is 0. The van der Waals surface area contributed by atoms with Crippen molar-refractivity contribution >= 4 is 17.9 Å². The van der Waals surface area contributed by atoms with Gasteiger partial charge in [-0.3, -0.25) is 14.4 Å². The van der Waals surface area contributed by atoms with E-state index in [1.807, 2.05) is 0 Å². The van der Waals surface area contributed by atoms with Crippen LogP contribution in [0.15, 0.2) is 24.3 Å². The van der Waals surface area contributed by atoms with Gasteiger partial charge in [0, 0.05) is 19.3 Å². The third kappa shape index (κ3) is 38.9. The van der Waals surface area contributed by atoms with Gasteiger partial charge < -0.3 is 14.2 Å². The zero-order chi connectivity index (χ0) is 37.3. The number of rotatable bonds is 39. The Hall–Kier alpha value is -2.11. The molecule has 51 heavy (non-hydrogen) atoms. The second kappa shape index (κ2) is 40.7. The minimum atomic E-state index is -0.759. The molecule has 0 aromatic carbocycles. The van der Waals surface area contributed by atoms with E-state index in [1.54, 1.807) is 0 Å². The fourth-order valence-corrected chi connectivity index (χ4v) is 6.12. The molecule has 6 nitrogen and oxygen atoms in total. The normalized spacial score (nSPS) is 12.1. The number of ether oxygens (including phenoxy) is 3. The lowest BCUT2D eigenvalue weighted by molar-refractivity contribution is -0.167. The molecule has 0 aliphatic heterocycles. The summed E-state index contributed by atoms with van der Waals surface area (Å²) in [7, 11) is 0. The first-order valence-corrected chi connectivity index (χ1v) is 21.8. The van der Waals surface area contributed by atoms with Crippen molar-refractivity contribution in [2.24, 2.45) is 0 Å². The third-order valence-electron chi connectivity index (χ3n) is 9.46. The van der Waals surface area contributed by atoms with Crippen molar-refractivity contribution in [1.29, 1.82) is 0 Å². The van der Waals surface area contributed by atoms with Crippen LogP contribution in [-0.4, -0.2) is 37.2 Å².